The van der Waals surface area contributed by atoms with Crippen LogP contribution >= 0.6 is 11.6 Å². The molecule has 19 heavy (non-hydrogen) atoms. The Hall–Kier alpha value is -1.95. The van der Waals surface area contributed by atoms with E-state index < -0.39 is 12.0 Å². The standard InChI is InChI=1S/C12H6ClF3N2O/c13-8-3-1-2-7(6-19)10(8)9-4-5-17-11(18-9)12(14,15)16/h1-6H. The van der Waals surface area contributed by atoms with Crippen molar-refractivity contribution in [1.82, 2.24) is 9.97 Å². The maximum atomic E-state index is 12.5. The van der Waals surface area contributed by atoms with Gasteiger partial charge in [-0.2, -0.15) is 13.2 Å². The summed E-state index contributed by atoms with van der Waals surface area (Å²) in [5.41, 5.74) is 0.279. The smallest absolute Gasteiger partial charge is 0.298 e. The van der Waals surface area contributed by atoms with E-state index in [-0.39, 0.29) is 21.8 Å². The van der Waals surface area contributed by atoms with E-state index in [1.807, 2.05) is 0 Å². The normalized spacial score (nSPS) is 11.4. The molecule has 0 aliphatic rings. The van der Waals surface area contributed by atoms with Crippen molar-refractivity contribution in [2.75, 3.05) is 0 Å². The van der Waals surface area contributed by atoms with Crippen LogP contribution < -0.4 is 0 Å². The molecule has 3 nitrogen and oxygen atoms in total. The first-order valence-corrected chi connectivity index (χ1v) is 5.45. The molecule has 0 bridgehead atoms. The van der Waals surface area contributed by atoms with Crippen molar-refractivity contribution in [3.63, 3.8) is 0 Å². The highest BCUT2D eigenvalue weighted by molar-refractivity contribution is 6.33. The van der Waals surface area contributed by atoms with Gasteiger partial charge in [0.1, 0.15) is 0 Å². The lowest BCUT2D eigenvalue weighted by Crippen LogP contribution is -2.11. The molecule has 0 saturated carbocycles. The van der Waals surface area contributed by atoms with Crippen LogP contribution in [0.2, 0.25) is 5.02 Å². The average Bonchev–Trinajstić information content (AvgIpc) is 2.37. The Morgan fingerprint density at radius 2 is 1.95 bits per heavy atom. The van der Waals surface area contributed by atoms with Crippen LogP contribution in [-0.2, 0) is 6.18 Å². The zero-order valence-electron chi connectivity index (χ0n) is 9.28. The van der Waals surface area contributed by atoms with E-state index in [2.05, 4.69) is 9.97 Å². The van der Waals surface area contributed by atoms with Crippen LogP contribution in [0.1, 0.15) is 16.2 Å². The first-order chi connectivity index (χ1) is 8.93. The number of halogens is 4. The Labute approximate surface area is 111 Å². The number of rotatable bonds is 2. The maximum Gasteiger partial charge on any atom is 0.451 e. The van der Waals surface area contributed by atoms with E-state index in [0.717, 1.165) is 6.20 Å². The Kier molecular flexibility index (Phi) is 3.53. The van der Waals surface area contributed by atoms with Crippen LogP contribution in [0.3, 0.4) is 0 Å². The molecule has 1 aromatic heterocycles. The molecule has 0 unspecified atom stereocenters. The second kappa shape index (κ2) is 4.97. The summed E-state index contributed by atoms with van der Waals surface area (Å²) < 4.78 is 37.6. The monoisotopic (exact) mass is 286 g/mol. The number of hydrogen-bond donors (Lipinski definition) is 0. The fourth-order valence-corrected chi connectivity index (χ4v) is 1.82. The number of alkyl halides is 3. The molecule has 0 atom stereocenters. The van der Waals surface area contributed by atoms with Gasteiger partial charge in [0.05, 0.1) is 10.7 Å². The minimum Gasteiger partial charge on any atom is -0.298 e. The topological polar surface area (TPSA) is 42.9 Å². The van der Waals surface area contributed by atoms with Crippen LogP contribution in [0.15, 0.2) is 30.5 Å². The molecule has 2 aromatic rings. The molecule has 0 amide bonds. The van der Waals surface area contributed by atoms with Gasteiger partial charge in [-0.05, 0) is 12.1 Å². The van der Waals surface area contributed by atoms with Gasteiger partial charge in [0.25, 0.3) is 0 Å². The molecule has 0 aliphatic heterocycles. The van der Waals surface area contributed by atoms with Crippen molar-refractivity contribution in [1.29, 1.82) is 0 Å². The lowest BCUT2D eigenvalue weighted by atomic mass is 10.1. The van der Waals surface area contributed by atoms with Crippen LogP contribution in [0.25, 0.3) is 11.3 Å². The number of carbonyl (C=O) groups excluding carboxylic acids is 1. The molecule has 98 valence electrons. The van der Waals surface area contributed by atoms with E-state index in [4.69, 9.17) is 11.6 Å². The summed E-state index contributed by atoms with van der Waals surface area (Å²) >= 11 is 5.91. The molecular formula is C12H6ClF3N2O. The Morgan fingerprint density at radius 3 is 2.58 bits per heavy atom. The molecule has 1 aromatic carbocycles. The van der Waals surface area contributed by atoms with Gasteiger partial charge in [-0.25, -0.2) is 9.97 Å². The van der Waals surface area contributed by atoms with E-state index in [1.165, 1.54) is 24.3 Å². The minimum atomic E-state index is -4.65. The van der Waals surface area contributed by atoms with Crippen LogP contribution in [0.5, 0.6) is 0 Å². The summed E-state index contributed by atoms with van der Waals surface area (Å²) in [5.74, 6) is -1.28. The highest BCUT2D eigenvalue weighted by Gasteiger charge is 2.34. The van der Waals surface area contributed by atoms with Crippen molar-refractivity contribution in [3.8, 4) is 11.3 Å². The molecule has 1 heterocycles. The van der Waals surface area contributed by atoms with Crippen molar-refractivity contribution in [2.45, 2.75) is 6.18 Å². The van der Waals surface area contributed by atoms with Gasteiger partial charge in [0, 0.05) is 17.3 Å². The quantitative estimate of drug-likeness (QED) is 0.792. The largest absolute Gasteiger partial charge is 0.451 e. The zero-order chi connectivity index (χ0) is 14.0. The molecule has 0 spiro atoms. The van der Waals surface area contributed by atoms with Crippen molar-refractivity contribution in [3.05, 3.63) is 46.9 Å². The fraction of sp³-hybridized carbons (Fsp3) is 0.0833. The number of hydrogen-bond acceptors (Lipinski definition) is 3. The van der Waals surface area contributed by atoms with E-state index in [0.29, 0.717) is 6.29 Å². The number of aromatic nitrogens is 2. The van der Waals surface area contributed by atoms with Crippen LogP contribution in [0.4, 0.5) is 13.2 Å². The van der Waals surface area contributed by atoms with Crippen molar-refractivity contribution >= 4 is 17.9 Å². The van der Waals surface area contributed by atoms with Crippen molar-refractivity contribution in [2.24, 2.45) is 0 Å². The second-order valence-electron chi connectivity index (χ2n) is 3.59. The first-order valence-electron chi connectivity index (χ1n) is 5.08. The first kappa shape index (κ1) is 13.5. The third kappa shape index (κ3) is 2.73. The summed E-state index contributed by atoms with van der Waals surface area (Å²) in [5, 5.41) is 0.149. The lowest BCUT2D eigenvalue weighted by molar-refractivity contribution is -0.144. The summed E-state index contributed by atoms with van der Waals surface area (Å²) in [7, 11) is 0. The minimum absolute atomic E-state index is 0.0463. The van der Waals surface area contributed by atoms with Crippen molar-refractivity contribution < 1.29 is 18.0 Å². The van der Waals surface area contributed by atoms with E-state index in [1.54, 1.807) is 0 Å². The van der Waals surface area contributed by atoms with Gasteiger partial charge in [0.2, 0.25) is 5.82 Å². The summed E-state index contributed by atoms with van der Waals surface area (Å²) in [6.07, 6.45) is -3.17. The third-order valence-electron chi connectivity index (χ3n) is 2.34. The molecule has 0 aliphatic carbocycles. The lowest BCUT2D eigenvalue weighted by Gasteiger charge is -2.09. The van der Waals surface area contributed by atoms with Gasteiger partial charge in [-0.1, -0.05) is 23.7 Å². The van der Waals surface area contributed by atoms with Gasteiger partial charge >= 0.3 is 6.18 Å². The number of benzene rings is 1. The van der Waals surface area contributed by atoms with Crippen LogP contribution in [-0.4, -0.2) is 16.3 Å². The number of nitrogens with zero attached hydrogens (tertiary/aromatic N) is 2. The highest BCUT2D eigenvalue weighted by Crippen LogP contribution is 2.32. The molecule has 7 heteroatoms. The Bertz CT molecular complexity index is 629. The molecule has 0 saturated heterocycles. The zero-order valence-corrected chi connectivity index (χ0v) is 10.0. The summed E-state index contributed by atoms with van der Waals surface area (Å²) in [6.45, 7) is 0. The molecule has 0 radical (unpaired) electrons. The third-order valence-corrected chi connectivity index (χ3v) is 2.65. The second-order valence-corrected chi connectivity index (χ2v) is 3.99. The predicted octanol–water partition coefficient (Wildman–Crippen LogP) is 3.63. The predicted molar refractivity (Wildman–Crippen MR) is 62.9 cm³/mol. The Balaban J connectivity index is 2.63. The molecule has 2 rings (SSSR count). The summed E-state index contributed by atoms with van der Waals surface area (Å²) in [4.78, 5) is 17.5. The average molecular weight is 287 g/mol. The van der Waals surface area contributed by atoms with E-state index in [9.17, 15) is 18.0 Å². The Morgan fingerprint density at radius 1 is 1.21 bits per heavy atom. The SMILES string of the molecule is O=Cc1cccc(Cl)c1-c1ccnc(C(F)(F)F)n1. The van der Waals surface area contributed by atoms with E-state index >= 15 is 0 Å². The number of carbonyl (C=O) groups is 1. The van der Waals surface area contributed by atoms with Gasteiger partial charge in [-0.3, -0.25) is 4.79 Å². The fourth-order valence-electron chi connectivity index (χ4n) is 1.54. The molecule has 0 fully saturated rings. The molecule has 0 N–H and O–H groups in total. The number of aldehydes is 1. The van der Waals surface area contributed by atoms with Gasteiger partial charge in [0.15, 0.2) is 6.29 Å². The van der Waals surface area contributed by atoms with Gasteiger partial charge < -0.3 is 0 Å². The highest BCUT2D eigenvalue weighted by atomic mass is 35.5. The summed E-state index contributed by atoms with van der Waals surface area (Å²) in [6, 6.07) is 5.72. The van der Waals surface area contributed by atoms with Gasteiger partial charge in [-0.15, -0.1) is 0 Å². The molecular weight excluding hydrogens is 281 g/mol. The van der Waals surface area contributed by atoms with Crippen LogP contribution in [0, 0.1) is 0 Å². The maximum absolute atomic E-state index is 12.5.